The van der Waals surface area contributed by atoms with Gasteiger partial charge in [0.25, 0.3) is 5.91 Å². The van der Waals surface area contributed by atoms with E-state index in [1.165, 1.54) is 30.2 Å². The van der Waals surface area contributed by atoms with Gasteiger partial charge in [0, 0.05) is 16.2 Å². The molecule has 1 amide bonds. The number of nitrogens with zero attached hydrogens (tertiary/aromatic N) is 2. The number of sulfone groups is 1. The highest BCUT2D eigenvalue weighted by atomic mass is 32.2. The molecular formula is C20H21N3O4S3. The maximum atomic E-state index is 12.5. The molecule has 1 heterocycles. The molecule has 3 rings (SSSR count). The topological polar surface area (TPSA) is 98.3 Å². The fraction of sp³-hybridized carbons (Fsp3) is 0.250. The van der Waals surface area contributed by atoms with E-state index in [0.717, 1.165) is 16.3 Å². The summed E-state index contributed by atoms with van der Waals surface area (Å²) in [5, 5.41) is 12.0. The molecule has 0 unspecified atom stereocenters. The van der Waals surface area contributed by atoms with Gasteiger partial charge in [-0.15, -0.1) is 22.0 Å². The van der Waals surface area contributed by atoms with Crippen molar-refractivity contribution in [3.63, 3.8) is 0 Å². The molecule has 0 bridgehead atoms. The normalized spacial score (nSPS) is 11.3. The lowest BCUT2D eigenvalue weighted by Crippen LogP contribution is -2.12. The van der Waals surface area contributed by atoms with E-state index >= 15 is 0 Å². The summed E-state index contributed by atoms with van der Waals surface area (Å²) in [5.74, 6) is 0.695. The van der Waals surface area contributed by atoms with Crippen LogP contribution in [0.1, 0.15) is 22.3 Å². The minimum Gasteiger partial charge on any atom is -0.497 e. The third kappa shape index (κ3) is 5.80. The Balaban J connectivity index is 1.58. The summed E-state index contributed by atoms with van der Waals surface area (Å²) in [6.07, 6.45) is 0.763. The molecule has 7 nitrogen and oxygen atoms in total. The molecule has 0 radical (unpaired) electrons. The molecule has 0 fully saturated rings. The van der Waals surface area contributed by atoms with Gasteiger partial charge in [-0.1, -0.05) is 24.3 Å². The smallest absolute Gasteiger partial charge is 0.257 e. The summed E-state index contributed by atoms with van der Waals surface area (Å²) < 4.78 is 30.1. The van der Waals surface area contributed by atoms with E-state index in [1.54, 1.807) is 42.5 Å². The first-order valence-electron chi connectivity index (χ1n) is 9.14. The maximum absolute atomic E-state index is 12.5. The van der Waals surface area contributed by atoms with Gasteiger partial charge in [-0.25, -0.2) is 8.42 Å². The molecule has 0 saturated carbocycles. The lowest BCUT2D eigenvalue weighted by atomic mass is 10.2. The Kier molecular flexibility index (Phi) is 7.46. The predicted octanol–water partition coefficient (Wildman–Crippen LogP) is 3.93. The Morgan fingerprint density at radius 2 is 1.93 bits per heavy atom. The van der Waals surface area contributed by atoms with Gasteiger partial charge in [-0.2, -0.15) is 0 Å². The van der Waals surface area contributed by atoms with E-state index in [-0.39, 0.29) is 16.6 Å². The highest BCUT2D eigenvalue weighted by Gasteiger charge is 2.15. The quantitative estimate of drug-likeness (QED) is 0.480. The number of aryl methyl sites for hydroxylation is 1. The molecule has 10 heteroatoms. The Labute approximate surface area is 183 Å². The van der Waals surface area contributed by atoms with Gasteiger partial charge >= 0.3 is 0 Å². The Morgan fingerprint density at radius 1 is 1.17 bits per heavy atom. The number of hydrogen-bond donors (Lipinski definition) is 1. The van der Waals surface area contributed by atoms with E-state index in [1.807, 2.05) is 13.0 Å². The third-order valence-corrected chi connectivity index (χ3v) is 8.09. The summed E-state index contributed by atoms with van der Waals surface area (Å²) in [4.78, 5) is 13.5. The van der Waals surface area contributed by atoms with Crippen LogP contribution in [0, 0.1) is 0 Å². The first-order chi connectivity index (χ1) is 14.4. The molecule has 0 aliphatic carbocycles. The molecular weight excluding hydrogens is 442 g/mol. The molecule has 1 N–H and O–H groups in total. The molecule has 0 spiro atoms. The SMILES string of the molecule is CCc1nnc(NC(=O)c2cccc(SCCS(=O)(=O)c3ccc(OC)cc3)c2)s1. The molecule has 158 valence electrons. The molecule has 30 heavy (non-hydrogen) atoms. The number of thioether (sulfide) groups is 1. The number of methoxy groups -OCH3 is 1. The lowest BCUT2D eigenvalue weighted by Gasteiger charge is -2.07. The lowest BCUT2D eigenvalue weighted by molar-refractivity contribution is 0.102. The summed E-state index contributed by atoms with van der Waals surface area (Å²) in [7, 11) is -1.86. The number of hydrogen-bond acceptors (Lipinski definition) is 8. The molecule has 2 aromatic carbocycles. The highest BCUT2D eigenvalue weighted by Crippen LogP contribution is 2.23. The number of carbonyl (C=O) groups is 1. The van der Waals surface area contributed by atoms with Gasteiger partial charge in [0.1, 0.15) is 10.8 Å². The second-order valence-electron chi connectivity index (χ2n) is 6.18. The summed E-state index contributed by atoms with van der Waals surface area (Å²) in [5.41, 5.74) is 0.478. The van der Waals surface area contributed by atoms with Crippen LogP contribution in [-0.2, 0) is 16.3 Å². The molecule has 0 atom stereocenters. The highest BCUT2D eigenvalue weighted by molar-refractivity contribution is 8.00. The number of benzene rings is 2. The summed E-state index contributed by atoms with van der Waals surface area (Å²) in [6.45, 7) is 1.97. The Hall–Kier alpha value is -2.43. The fourth-order valence-electron chi connectivity index (χ4n) is 2.51. The Morgan fingerprint density at radius 3 is 2.60 bits per heavy atom. The Bertz CT molecular complexity index is 1110. The van der Waals surface area contributed by atoms with Crippen molar-refractivity contribution in [2.45, 2.75) is 23.1 Å². The predicted molar refractivity (Wildman–Crippen MR) is 119 cm³/mol. The van der Waals surface area contributed by atoms with Crippen LogP contribution >= 0.6 is 23.1 Å². The van der Waals surface area contributed by atoms with E-state index < -0.39 is 9.84 Å². The van der Waals surface area contributed by atoms with Crippen LogP contribution in [-0.4, -0.2) is 43.1 Å². The van der Waals surface area contributed by atoms with Crippen molar-refractivity contribution in [2.24, 2.45) is 0 Å². The minimum absolute atomic E-state index is 0.00893. The van der Waals surface area contributed by atoms with Gasteiger partial charge in [-0.05, 0) is 48.9 Å². The average molecular weight is 464 g/mol. The van der Waals surface area contributed by atoms with E-state index in [0.29, 0.717) is 22.2 Å². The van der Waals surface area contributed by atoms with Crippen molar-refractivity contribution in [1.29, 1.82) is 0 Å². The van der Waals surface area contributed by atoms with E-state index in [4.69, 9.17) is 4.74 Å². The van der Waals surface area contributed by atoms with Crippen molar-refractivity contribution in [2.75, 3.05) is 23.9 Å². The van der Waals surface area contributed by atoms with Crippen LogP contribution in [0.4, 0.5) is 5.13 Å². The van der Waals surface area contributed by atoms with Crippen molar-refractivity contribution in [3.05, 3.63) is 59.1 Å². The van der Waals surface area contributed by atoms with E-state index in [9.17, 15) is 13.2 Å². The largest absolute Gasteiger partial charge is 0.497 e. The molecule has 3 aromatic rings. The van der Waals surface area contributed by atoms with Crippen molar-refractivity contribution in [3.8, 4) is 5.75 Å². The standard InChI is InChI=1S/C20H21N3O4S3/c1-3-18-22-23-20(29-18)21-19(24)14-5-4-6-16(13-14)28-11-12-30(25,26)17-9-7-15(27-2)8-10-17/h4-10,13H,3,11-12H2,1-2H3,(H,21,23,24). The molecule has 1 aromatic heterocycles. The minimum atomic E-state index is -3.39. The maximum Gasteiger partial charge on any atom is 0.257 e. The number of nitrogens with one attached hydrogen (secondary N) is 1. The van der Waals surface area contributed by atoms with Gasteiger partial charge in [0.15, 0.2) is 9.84 Å². The van der Waals surface area contributed by atoms with Crippen LogP contribution in [0.2, 0.25) is 0 Å². The average Bonchev–Trinajstić information content (AvgIpc) is 3.21. The van der Waals surface area contributed by atoms with Gasteiger partial charge in [0.2, 0.25) is 5.13 Å². The van der Waals surface area contributed by atoms with Crippen LogP contribution < -0.4 is 10.1 Å². The van der Waals surface area contributed by atoms with Crippen molar-refractivity contribution < 1.29 is 17.9 Å². The number of anilines is 1. The fourth-order valence-corrected chi connectivity index (χ4v) is 5.81. The zero-order valence-electron chi connectivity index (χ0n) is 16.5. The second-order valence-corrected chi connectivity index (χ2v) is 10.5. The number of aromatic nitrogens is 2. The first-order valence-corrected chi connectivity index (χ1v) is 12.6. The van der Waals surface area contributed by atoms with Crippen LogP contribution in [0.25, 0.3) is 0 Å². The zero-order chi connectivity index (χ0) is 21.6. The van der Waals surface area contributed by atoms with Crippen molar-refractivity contribution >= 4 is 44.0 Å². The monoisotopic (exact) mass is 463 g/mol. The van der Waals surface area contributed by atoms with E-state index in [2.05, 4.69) is 15.5 Å². The van der Waals surface area contributed by atoms with Gasteiger partial charge < -0.3 is 4.74 Å². The van der Waals surface area contributed by atoms with Crippen LogP contribution in [0.5, 0.6) is 5.75 Å². The molecule has 0 aliphatic heterocycles. The summed E-state index contributed by atoms with van der Waals surface area (Å²) >= 11 is 2.73. The van der Waals surface area contributed by atoms with Gasteiger partial charge in [-0.3, -0.25) is 10.1 Å². The number of rotatable bonds is 9. The number of ether oxygens (including phenoxy) is 1. The second kappa shape index (κ2) is 10.1. The first kappa shape index (κ1) is 22.3. The third-order valence-electron chi connectivity index (χ3n) is 4.13. The zero-order valence-corrected chi connectivity index (χ0v) is 18.9. The van der Waals surface area contributed by atoms with Crippen LogP contribution in [0.3, 0.4) is 0 Å². The molecule has 0 aliphatic rings. The number of amides is 1. The van der Waals surface area contributed by atoms with Crippen LogP contribution in [0.15, 0.2) is 58.3 Å². The molecule has 0 saturated heterocycles. The van der Waals surface area contributed by atoms with Gasteiger partial charge in [0.05, 0.1) is 17.8 Å². The summed E-state index contributed by atoms with van der Waals surface area (Å²) in [6, 6.07) is 13.4. The number of carbonyl (C=O) groups excluding carboxylic acids is 1. The van der Waals surface area contributed by atoms with Crippen molar-refractivity contribution in [1.82, 2.24) is 10.2 Å².